The van der Waals surface area contributed by atoms with Crippen LogP contribution in [0.15, 0.2) is 11.7 Å². The summed E-state index contributed by atoms with van der Waals surface area (Å²) in [6.07, 6.45) is 6.06. The second-order valence-electron chi connectivity index (χ2n) is 3.60. The predicted molar refractivity (Wildman–Crippen MR) is 55.8 cm³/mol. The van der Waals surface area contributed by atoms with E-state index in [4.69, 9.17) is 0 Å². The summed E-state index contributed by atoms with van der Waals surface area (Å²) in [6.45, 7) is 4.04. The Kier molecular flexibility index (Phi) is 3.88. The maximum atomic E-state index is 10.1. The fourth-order valence-corrected chi connectivity index (χ4v) is 2.04. The maximum Gasteiger partial charge on any atom is 0.0975 e. The van der Waals surface area contributed by atoms with E-state index in [9.17, 15) is 5.11 Å². The molecule has 0 aliphatic heterocycles. The lowest BCUT2D eigenvalue weighted by Gasteiger charge is -2.20. The molecule has 0 amide bonds. The molecule has 1 atom stereocenters. The number of thiazole rings is 1. The average Bonchev–Trinajstić information content (AvgIpc) is 2.56. The van der Waals surface area contributed by atoms with Gasteiger partial charge in [-0.25, -0.2) is 0 Å². The van der Waals surface area contributed by atoms with E-state index in [2.05, 4.69) is 11.9 Å². The van der Waals surface area contributed by atoms with Gasteiger partial charge in [-0.2, -0.15) is 0 Å². The Labute approximate surface area is 83.6 Å². The third-order valence-corrected chi connectivity index (χ3v) is 3.26. The Hall–Kier alpha value is -0.410. The molecule has 1 unspecified atom stereocenters. The smallest absolute Gasteiger partial charge is 0.0975 e. The van der Waals surface area contributed by atoms with Gasteiger partial charge in [-0.15, -0.1) is 11.3 Å². The van der Waals surface area contributed by atoms with Gasteiger partial charge in [0, 0.05) is 6.20 Å². The summed E-state index contributed by atoms with van der Waals surface area (Å²) in [5, 5.41) is 10.1. The van der Waals surface area contributed by atoms with Crippen LogP contribution in [0.4, 0.5) is 0 Å². The van der Waals surface area contributed by atoms with Gasteiger partial charge in [0.1, 0.15) is 0 Å². The zero-order valence-electron chi connectivity index (χ0n) is 8.29. The van der Waals surface area contributed by atoms with Crippen molar-refractivity contribution < 1.29 is 5.11 Å². The highest BCUT2D eigenvalue weighted by molar-refractivity contribution is 7.09. The molecule has 2 nitrogen and oxygen atoms in total. The lowest BCUT2D eigenvalue weighted by molar-refractivity contribution is 0.0485. The predicted octanol–water partition coefficient (Wildman–Crippen LogP) is 2.93. The Morgan fingerprint density at radius 1 is 1.54 bits per heavy atom. The van der Waals surface area contributed by atoms with Crippen molar-refractivity contribution in [2.24, 2.45) is 0 Å². The monoisotopic (exact) mass is 199 g/mol. The average molecular weight is 199 g/mol. The molecule has 0 saturated carbocycles. The van der Waals surface area contributed by atoms with E-state index in [-0.39, 0.29) is 0 Å². The molecule has 0 saturated heterocycles. The van der Waals surface area contributed by atoms with Crippen LogP contribution in [0, 0.1) is 0 Å². The molecule has 3 heteroatoms. The minimum Gasteiger partial charge on any atom is -0.385 e. The summed E-state index contributed by atoms with van der Waals surface area (Å²) in [5.74, 6) is 0. The van der Waals surface area contributed by atoms with Crippen LogP contribution in [-0.2, 0) is 5.60 Å². The van der Waals surface area contributed by atoms with E-state index in [1.54, 1.807) is 11.7 Å². The molecule has 0 bridgehead atoms. The maximum absolute atomic E-state index is 10.1. The lowest BCUT2D eigenvalue weighted by Crippen LogP contribution is -2.19. The zero-order valence-corrected chi connectivity index (χ0v) is 9.10. The van der Waals surface area contributed by atoms with Crippen molar-refractivity contribution in [2.75, 3.05) is 0 Å². The van der Waals surface area contributed by atoms with Crippen molar-refractivity contribution in [3.05, 3.63) is 16.6 Å². The largest absolute Gasteiger partial charge is 0.385 e. The van der Waals surface area contributed by atoms with Gasteiger partial charge in [0.05, 0.1) is 16.0 Å². The summed E-state index contributed by atoms with van der Waals surface area (Å²) in [7, 11) is 0. The van der Waals surface area contributed by atoms with Gasteiger partial charge >= 0.3 is 0 Å². The molecule has 1 heterocycles. The van der Waals surface area contributed by atoms with Crippen LogP contribution in [0.3, 0.4) is 0 Å². The SMILES string of the molecule is CCCCCC(C)(O)c1cncs1. The van der Waals surface area contributed by atoms with Crippen LogP contribution >= 0.6 is 11.3 Å². The van der Waals surface area contributed by atoms with Crippen LogP contribution in [-0.4, -0.2) is 10.1 Å². The third kappa shape index (κ3) is 3.08. The minimum atomic E-state index is -0.670. The highest BCUT2D eigenvalue weighted by Crippen LogP contribution is 2.29. The molecule has 0 radical (unpaired) electrons. The highest BCUT2D eigenvalue weighted by Gasteiger charge is 2.23. The molecule has 0 aromatic carbocycles. The van der Waals surface area contributed by atoms with Gasteiger partial charge in [-0.3, -0.25) is 4.98 Å². The van der Waals surface area contributed by atoms with Crippen LogP contribution < -0.4 is 0 Å². The molecular weight excluding hydrogens is 182 g/mol. The second kappa shape index (κ2) is 4.72. The van der Waals surface area contributed by atoms with Gasteiger partial charge in [0.2, 0.25) is 0 Å². The normalized spacial score (nSPS) is 15.6. The fourth-order valence-electron chi connectivity index (χ4n) is 1.32. The zero-order chi connectivity index (χ0) is 9.73. The minimum absolute atomic E-state index is 0.670. The van der Waals surface area contributed by atoms with Crippen LogP contribution in [0.1, 0.15) is 44.4 Å². The van der Waals surface area contributed by atoms with Gasteiger partial charge in [-0.05, 0) is 13.3 Å². The van der Waals surface area contributed by atoms with Gasteiger partial charge in [0.25, 0.3) is 0 Å². The molecule has 0 aliphatic rings. The summed E-state index contributed by atoms with van der Waals surface area (Å²) in [6, 6.07) is 0. The molecule has 0 spiro atoms. The quantitative estimate of drug-likeness (QED) is 0.740. The van der Waals surface area contributed by atoms with Crippen LogP contribution in [0.2, 0.25) is 0 Å². The van der Waals surface area contributed by atoms with Crippen molar-refractivity contribution in [1.29, 1.82) is 0 Å². The Morgan fingerprint density at radius 3 is 2.85 bits per heavy atom. The van der Waals surface area contributed by atoms with E-state index < -0.39 is 5.60 Å². The fraction of sp³-hybridized carbons (Fsp3) is 0.700. The molecule has 0 fully saturated rings. The molecular formula is C10H17NOS. The number of hydrogen-bond donors (Lipinski definition) is 1. The van der Waals surface area contributed by atoms with Gasteiger partial charge in [0.15, 0.2) is 0 Å². The second-order valence-corrected chi connectivity index (χ2v) is 4.48. The summed E-state index contributed by atoms with van der Waals surface area (Å²) < 4.78 is 0. The van der Waals surface area contributed by atoms with E-state index >= 15 is 0 Å². The number of unbranched alkanes of at least 4 members (excludes halogenated alkanes) is 2. The van der Waals surface area contributed by atoms with Crippen molar-refractivity contribution in [1.82, 2.24) is 4.98 Å². The van der Waals surface area contributed by atoms with Crippen molar-refractivity contribution in [3.63, 3.8) is 0 Å². The topological polar surface area (TPSA) is 33.1 Å². The first-order chi connectivity index (χ1) is 6.17. The molecule has 13 heavy (non-hydrogen) atoms. The molecule has 1 aromatic heterocycles. The van der Waals surface area contributed by atoms with Crippen molar-refractivity contribution >= 4 is 11.3 Å². The van der Waals surface area contributed by atoms with Crippen molar-refractivity contribution in [2.45, 2.75) is 45.1 Å². The van der Waals surface area contributed by atoms with E-state index in [1.165, 1.54) is 24.2 Å². The van der Waals surface area contributed by atoms with Crippen LogP contribution in [0.25, 0.3) is 0 Å². The Balaban J connectivity index is 2.46. The highest BCUT2D eigenvalue weighted by atomic mass is 32.1. The molecule has 1 aromatic rings. The number of aliphatic hydroxyl groups is 1. The standard InChI is InChI=1S/C10H17NOS/c1-3-4-5-6-10(2,12)9-7-11-8-13-9/h7-8,12H,3-6H2,1-2H3. The third-order valence-electron chi connectivity index (χ3n) is 2.23. The number of rotatable bonds is 5. The summed E-state index contributed by atoms with van der Waals surface area (Å²) >= 11 is 1.53. The first-order valence-corrected chi connectivity index (χ1v) is 5.66. The summed E-state index contributed by atoms with van der Waals surface area (Å²) in [5.41, 5.74) is 1.10. The van der Waals surface area contributed by atoms with Gasteiger partial charge < -0.3 is 5.11 Å². The molecule has 0 aliphatic carbocycles. The molecule has 1 N–H and O–H groups in total. The molecule has 74 valence electrons. The van der Waals surface area contributed by atoms with Crippen molar-refractivity contribution in [3.8, 4) is 0 Å². The number of aromatic nitrogens is 1. The molecule has 1 rings (SSSR count). The van der Waals surface area contributed by atoms with E-state index in [0.29, 0.717) is 0 Å². The number of nitrogens with zero attached hydrogens (tertiary/aromatic N) is 1. The Bertz CT molecular complexity index is 231. The number of hydrogen-bond acceptors (Lipinski definition) is 3. The van der Waals surface area contributed by atoms with Crippen LogP contribution in [0.5, 0.6) is 0 Å². The van der Waals surface area contributed by atoms with Gasteiger partial charge in [-0.1, -0.05) is 26.2 Å². The lowest BCUT2D eigenvalue weighted by atomic mass is 9.97. The Morgan fingerprint density at radius 2 is 2.31 bits per heavy atom. The first-order valence-electron chi connectivity index (χ1n) is 4.78. The van der Waals surface area contributed by atoms with E-state index in [1.807, 2.05) is 6.92 Å². The first kappa shape index (κ1) is 10.7. The van der Waals surface area contributed by atoms with E-state index in [0.717, 1.165) is 17.7 Å². The summed E-state index contributed by atoms with van der Waals surface area (Å²) in [4.78, 5) is 4.95.